The smallest absolute Gasteiger partial charge is 0.255 e. The van der Waals surface area contributed by atoms with Gasteiger partial charge in [-0.3, -0.25) is 9.48 Å². The highest BCUT2D eigenvalue weighted by molar-refractivity contribution is 7.89. The highest BCUT2D eigenvalue weighted by Crippen LogP contribution is 2.23. The summed E-state index contributed by atoms with van der Waals surface area (Å²) in [5.41, 5.74) is 2.29. The minimum atomic E-state index is -3.74. The lowest BCUT2D eigenvalue weighted by molar-refractivity contribution is -0.0440. The van der Waals surface area contributed by atoms with Crippen LogP contribution in [-0.2, 0) is 21.8 Å². The fourth-order valence-corrected chi connectivity index (χ4v) is 5.49. The molecule has 0 spiro atoms. The summed E-state index contributed by atoms with van der Waals surface area (Å²) in [7, 11) is -1.93. The molecule has 1 aliphatic heterocycles. The lowest BCUT2D eigenvalue weighted by Crippen LogP contribution is -2.48. The fourth-order valence-electron chi connectivity index (χ4n) is 3.85. The van der Waals surface area contributed by atoms with Gasteiger partial charge in [-0.2, -0.15) is 9.40 Å². The molecular formula is C21H25N5O4S. The van der Waals surface area contributed by atoms with Crippen LogP contribution in [0.5, 0.6) is 0 Å². The summed E-state index contributed by atoms with van der Waals surface area (Å²) in [4.78, 5) is 17.2. The maximum atomic E-state index is 13.1. The highest BCUT2D eigenvalue weighted by atomic mass is 32.2. The van der Waals surface area contributed by atoms with E-state index >= 15 is 0 Å². The van der Waals surface area contributed by atoms with Crippen LogP contribution in [0.15, 0.2) is 41.4 Å². The molecule has 3 aromatic rings. The van der Waals surface area contributed by atoms with Crippen molar-refractivity contribution in [1.82, 2.24) is 19.1 Å². The number of aromatic nitrogens is 3. The molecule has 0 aliphatic carbocycles. The molecule has 2 aromatic heterocycles. The Morgan fingerprint density at radius 3 is 2.61 bits per heavy atom. The number of rotatable bonds is 4. The van der Waals surface area contributed by atoms with E-state index in [0.717, 1.165) is 16.7 Å². The van der Waals surface area contributed by atoms with Gasteiger partial charge in [0.2, 0.25) is 10.0 Å². The number of ether oxygens (including phenoxy) is 1. The van der Waals surface area contributed by atoms with Crippen LogP contribution < -0.4 is 5.32 Å². The van der Waals surface area contributed by atoms with E-state index in [9.17, 15) is 13.2 Å². The van der Waals surface area contributed by atoms with Crippen molar-refractivity contribution in [1.29, 1.82) is 0 Å². The number of hydrogen-bond acceptors (Lipinski definition) is 6. The summed E-state index contributed by atoms with van der Waals surface area (Å²) in [6.07, 6.45) is 1.17. The molecule has 0 saturated carbocycles. The average molecular weight is 444 g/mol. The third kappa shape index (κ3) is 4.18. The maximum absolute atomic E-state index is 13.1. The van der Waals surface area contributed by atoms with Gasteiger partial charge in [0.1, 0.15) is 0 Å². The van der Waals surface area contributed by atoms with E-state index in [1.165, 1.54) is 16.4 Å². The van der Waals surface area contributed by atoms with Crippen LogP contribution in [0.25, 0.3) is 11.0 Å². The normalized spacial score (nSPS) is 20.1. The topological polar surface area (TPSA) is 106 Å². The van der Waals surface area contributed by atoms with Gasteiger partial charge in [-0.15, -0.1) is 0 Å². The minimum absolute atomic E-state index is 0.0816. The number of amides is 1. The second-order valence-corrected chi connectivity index (χ2v) is 9.80. The molecule has 0 radical (unpaired) electrons. The Morgan fingerprint density at radius 2 is 1.90 bits per heavy atom. The fraction of sp³-hybridized carbons (Fsp3) is 0.381. The Hall–Kier alpha value is -2.82. The molecular weight excluding hydrogens is 418 g/mol. The number of morpholine rings is 1. The summed E-state index contributed by atoms with van der Waals surface area (Å²) in [5, 5.41) is 7.96. The summed E-state index contributed by atoms with van der Waals surface area (Å²) >= 11 is 0. The lowest BCUT2D eigenvalue weighted by atomic mass is 10.2. The Kier molecular flexibility index (Phi) is 5.54. The van der Waals surface area contributed by atoms with Crippen LogP contribution in [-0.4, -0.2) is 58.7 Å². The van der Waals surface area contributed by atoms with Crippen molar-refractivity contribution in [2.75, 3.05) is 18.4 Å². The van der Waals surface area contributed by atoms with Crippen LogP contribution in [0.2, 0.25) is 0 Å². The number of carbonyl (C=O) groups excluding carboxylic acids is 1. The molecule has 9 nitrogen and oxygen atoms in total. The standard InChI is InChI=1S/C21H25N5O4S/c1-13-11-26(12-14(2)30-13)31(28,29)18-7-5-6-16(8-18)21(27)23-17-9-19-15(3)24-25(4)20(19)22-10-17/h5-10,13-14H,11-12H2,1-4H3,(H,23,27)/t13-,14-/m0/s1. The van der Waals surface area contributed by atoms with E-state index in [2.05, 4.69) is 15.4 Å². The Bertz CT molecular complexity index is 1240. The van der Waals surface area contributed by atoms with Gasteiger partial charge in [0.05, 0.1) is 34.7 Å². The number of carbonyl (C=O) groups is 1. The zero-order valence-corrected chi connectivity index (χ0v) is 18.7. The van der Waals surface area contributed by atoms with Crippen molar-refractivity contribution in [3.05, 3.63) is 47.8 Å². The van der Waals surface area contributed by atoms with Gasteiger partial charge in [-0.25, -0.2) is 13.4 Å². The second kappa shape index (κ2) is 8.03. The Labute approximate surface area is 181 Å². The molecule has 0 unspecified atom stereocenters. The van der Waals surface area contributed by atoms with E-state index in [0.29, 0.717) is 5.69 Å². The van der Waals surface area contributed by atoms with E-state index < -0.39 is 15.9 Å². The Balaban J connectivity index is 1.58. The van der Waals surface area contributed by atoms with Crippen molar-refractivity contribution in [3.8, 4) is 0 Å². The molecule has 1 aromatic carbocycles. The molecule has 1 aliphatic rings. The van der Waals surface area contributed by atoms with Crippen molar-refractivity contribution < 1.29 is 17.9 Å². The molecule has 1 N–H and O–H groups in total. The summed E-state index contributed by atoms with van der Waals surface area (Å²) in [6.45, 7) is 6.11. The summed E-state index contributed by atoms with van der Waals surface area (Å²) in [6, 6.07) is 7.86. The molecule has 2 atom stereocenters. The quantitative estimate of drug-likeness (QED) is 0.663. The molecule has 0 bridgehead atoms. The summed E-state index contributed by atoms with van der Waals surface area (Å²) in [5.74, 6) is -0.413. The first-order valence-corrected chi connectivity index (χ1v) is 11.5. The molecule has 1 amide bonds. The van der Waals surface area contributed by atoms with E-state index in [1.807, 2.05) is 27.8 Å². The van der Waals surface area contributed by atoms with Crippen molar-refractivity contribution in [3.63, 3.8) is 0 Å². The maximum Gasteiger partial charge on any atom is 0.255 e. The highest BCUT2D eigenvalue weighted by Gasteiger charge is 2.32. The number of nitrogens with one attached hydrogen (secondary N) is 1. The number of sulfonamides is 1. The van der Waals surface area contributed by atoms with Gasteiger partial charge >= 0.3 is 0 Å². The molecule has 164 valence electrons. The van der Waals surface area contributed by atoms with Crippen LogP contribution in [0.3, 0.4) is 0 Å². The summed E-state index contributed by atoms with van der Waals surface area (Å²) < 4.78 is 35.0. The zero-order valence-electron chi connectivity index (χ0n) is 17.9. The van der Waals surface area contributed by atoms with E-state index in [1.54, 1.807) is 29.1 Å². The van der Waals surface area contributed by atoms with Crippen LogP contribution in [0.1, 0.15) is 29.9 Å². The zero-order chi connectivity index (χ0) is 22.3. The second-order valence-electron chi connectivity index (χ2n) is 7.87. The lowest BCUT2D eigenvalue weighted by Gasteiger charge is -2.34. The number of fused-ring (bicyclic) bond motifs is 1. The van der Waals surface area contributed by atoms with Crippen molar-refractivity contribution in [2.24, 2.45) is 7.05 Å². The molecule has 10 heteroatoms. The number of aryl methyl sites for hydroxylation is 2. The van der Waals surface area contributed by atoms with Crippen molar-refractivity contribution in [2.45, 2.75) is 37.9 Å². The van der Waals surface area contributed by atoms with Gasteiger partial charge in [-0.1, -0.05) is 6.07 Å². The molecule has 1 fully saturated rings. The molecule has 1 saturated heterocycles. The first-order chi connectivity index (χ1) is 14.6. The third-order valence-corrected chi connectivity index (χ3v) is 7.07. The third-order valence-electron chi connectivity index (χ3n) is 5.24. The molecule has 31 heavy (non-hydrogen) atoms. The van der Waals surface area contributed by atoms with E-state index in [-0.39, 0.29) is 35.8 Å². The first-order valence-electron chi connectivity index (χ1n) is 10.0. The minimum Gasteiger partial charge on any atom is -0.373 e. The van der Waals surface area contributed by atoms with Crippen LogP contribution in [0, 0.1) is 6.92 Å². The van der Waals surface area contributed by atoms with Crippen LogP contribution >= 0.6 is 0 Å². The SMILES string of the molecule is Cc1nn(C)c2ncc(NC(=O)c3cccc(S(=O)(=O)N4C[C@H](C)O[C@@H](C)C4)c3)cc12. The van der Waals surface area contributed by atoms with Gasteiger partial charge in [0, 0.05) is 31.1 Å². The number of anilines is 1. The molecule has 4 rings (SSSR count). The number of pyridine rings is 1. The first kappa shape index (κ1) is 21.4. The predicted octanol–water partition coefficient (Wildman–Crippen LogP) is 2.33. The predicted molar refractivity (Wildman–Crippen MR) is 116 cm³/mol. The number of benzene rings is 1. The van der Waals surface area contributed by atoms with Gasteiger partial charge < -0.3 is 10.1 Å². The largest absolute Gasteiger partial charge is 0.373 e. The molecule has 3 heterocycles. The number of hydrogen-bond donors (Lipinski definition) is 1. The number of nitrogens with zero attached hydrogens (tertiary/aromatic N) is 4. The van der Waals surface area contributed by atoms with Crippen LogP contribution in [0.4, 0.5) is 5.69 Å². The monoisotopic (exact) mass is 443 g/mol. The average Bonchev–Trinajstić information content (AvgIpc) is 3.00. The van der Waals surface area contributed by atoms with Gasteiger partial charge in [0.25, 0.3) is 5.91 Å². The van der Waals surface area contributed by atoms with E-state index in [4.69, 9.17) is 4.74 Å². The van der Waals surface area contributed by atoms with Gasteiger partial charge in [0.15, 0.2) is 5.65 Å². The van der Waals surface area contributed by atoms with Crippen molar-refractivity contribution >= 4 is 32.7 Å². The Morgan fingerprint density at radius 1 is 1.19 bits per heavy atom. The van der Waals surface area contributed by atoms with Gasteiger partial charge in [-0.05, 0) is 45.0 Å².